The molecule has 0 radical (unpaired) electrons. The third kappa shape index (κ3) is 4.30. The van der Waals surface area contributed by atoms with Crippen LogP contribution in [0, 0.1) is 0 Å². The predicted molar refractivity (Wildman–Crippen MR) is 117 cm³/mol. The van der Waals surface area contributed by atoms with Gasteiger partial charge in [0.1, 0.15) is 10.6 Å². The zero-order chi connectivity index (χ0) is 21.0. The summed E-state index contributed by atoms with van der Waals surface area (Å²) in [5.41, 5.74) is 1.51. The van der Waals surface area contributed by atoms with Crippen molar-refractivity contribution >= 4 is 27.3 Å². The summed E-state index contributed by atoms with van der Waals surface area (Å²) < 4.78 is 33.0. The lowest BCUT2D eigenvalue weighted by Crippen LogP contribution is -2.47. The van der Waals surface area contributed by atoms with Crippen molar-refractivity contribution < 1.29 is 13.2 Å². The number of benzene rings is 2. The molecule has 0 aliphatic carbocycles. The lowest BCUT2D eigenvalue weighted by molar-refractivity contribution is 0.403. The number of methoxy groups -OCH3 is 1. The Morgan fingerprint density at radius 3 is 2.13 bits per heavy atom. The van der Waals surface area contributed by atoms with E-state index in [-0.39, 0.29) is 10.6 Å². The molecule has 1 aliphatic rings. The number of rotatable bonds is 6. The Morgan fingerprint density at radius 1 is 0.867 bits per heavy atom. The maximum Gasteiger partial charge on any atom is 0.265 e. The molecule has 2 aromatic carbocycles. The highest BCUT2D eigenvalue weighted by atomic mass is 32.2. The molecule has 1 aliphatic heterocycles. The van der Waals surface area contributed by atoms with Crippen molar-refractivity contribution in [3.05, 3.63) is 67.0 Å². The number of hydrogen-bond acceptors (Lipinski definition) is 7. The molecule has 4 rings (SSSR count). The number of ether oxygens (including phenoxy) is 1. The van der Waals surface area contributed by atoms with Gasteiger partial charge in [-0.15, -0.1) is 0 Å². The summed E-state index contributed by atoms with van der Waals surface area (Å²) in [5, 5.41) is 0. The topological polar surface area (TPSA) is 87.7 Å². The smallest absolute Gasteiger partial charge is 0.265 e. The molecule has 3 aromatic rings. The molecular formula is C21H23N5O3S. The van der Waals surface area contributed by atoms with Gasteiger partial charge in [0.05, 0.1) is 25.2 Å². The lowest BCUT2D eigenvalue weighted by atomic mass is 10.2. The Bertz CT molecular complexity index is 1080. The number of aromatic nitrogens is 2. The van der Waals surface area contributed by atoms with Crippen molar-refractivity contribution in [1.29, 1.82) is 0 Å². The molecule has 30 heavy (non-hydrogen) atoms. The maximum absolute atomic E-state index is 12.7. The molecule has 0 amide bonds. The summed E-state index contributed by atoms with van der Waals surface area (Å²) in [5.74, 6) is 0.863. The first-order valence-corrected chi connectivity index (χ1v) is 11.1. The number of hydrogen-bond donors (Lipinski definition) is 1. The number of nitrogens with one attached hydrogen (secondary N) is 1. The lowest BCUT2D eigenvalue weighted by Gasteiger charge is -2.36. The molecule has 1 fully saturated rings. The highest BCUT2D eigenvalue weighted by molar-refractivity contribution is 7.92. The van der Waals surface area contributed by atoms with E-state index in [4.69, 9.17) is 4.74 Å². The molecule has 1 aromatic heterocycles. The molecule has 1 N–H and O–H groups in total. The van der Waals surface area contributed by atoms with Crippen molar-refractivity contribution in [2.45, 2.75) is 4.90 Å². The molecule has 2 heterocycles. The maximum atomic E-state index is 12.7. The third-order valence-electron chi connectivity index (χ3n) is 4.93. The van der Waals surface area contributed by atoms with Crippen LogP contribution in [0.1, 0.15) is 0 Å². The molecule has 1 saturated heterocycles. The van der Waals surface area contributed by atoms with Crippen LogP contribution in [-0.2, 0) is 10.0 Å². The minimum Gasteiger partial charge on any atom is -0.495 e. The van der Waals surface area contributed by atoms with Crippen molar-refractivity contribution in [3.63, 3.8) is 0 Å². The van der Waals surface area contributed by atoms with E-state index in [0.717, 1.165) is 26.2 Å². The van der Waals surface area contributed by atoms with E-state index < -0.39 is 10.0 Å². The average molecular weight is 426 g/mol. The highest BCUT2D eigenvalue weighted by Crippen LogP contribution is 2.25. The van der Waals surface area contributed by atoms with E-state index in [2.05, 4.69) is 36.6 Å². The highest BCUT2D eigenvalue weighted by Gasteiger charge is 2.21. The molecule has 0 bridgehead atoms. The Kier molecular flexibility index (Phi) is 5.71. The van der Waals surface area contributed by atoms with Gasteiger partial charge in [-0.25, -0.2) is 18.4 Å². The first kappa shape index (κ1) is 20.0. The van der Waals surface area contributed by atoms with Crippen LogP contribution >= 0.6 is 0 Å². The minimum atomic E-state index is -3.81. The molecule has 8 nitrogen and oxygen atoms in total. The van der Waals surface area contributed by atoms with E-state index in [0.29, 0.717) is 11.6 Å². The van der Waals surface area contributed by atoms with Crippen LogP contribution < -0.4 is 19.3 Å². The van der Waals surface area contributed by atoms with Gasteiger partial charge in [0.15, 0.2) is 0 Å². The first-order valence-electron chi connectivity index (χ1n) is 9.60. The Balaban J connectivity index is 1.41. The van der Waals surface area contributed by atoms with Gasteiger partial charge in [-0.2, -0.15) is 0 Å². The summed E-state index contributed by atoms with van der Waals surface area (Å²) in [6.45, 7) is 3.33. The van der Waals surface area contributed by atoms with Crippen LogP contribution in [0.2, 0.25) is 0 Å². The van der Waals surface area contributed by atoms with Crippen molar-refractivity contribution in [3.8, 4) is 5.75 Å². The van der Waals surface area contributed by atoms with Crippen LogP contribution in [0.5, 0.6) is 5.75 Å². The number of piperazine rings is 1. The fourth-order valence-electron chi connectivity index (χ4n) is 3.39. The van der Waals surface area contributed by atoms with Gasteiger partial charge < -0.3 is 14.5 Å². The fourth-order valence-corrected chi connectivity index (χ4v) is 4.59. The quantitative estimate of drug-likeness (QED) is 0.649. The third-order valence-corrected chi connectivity index (χ3v) is 6.35. The van der Waals surface area contributed by atoms with Crippen LogP contribution in [0.25, 0.3) is 0 Å². The zero-order valence-corrected chi connectivity index (χ0v) is 17.4. The second-order valence-electron chi connectivity index (χ2n) is 6.84. The normalized spacial score (nSPS) is 14.4. The summed E-state index contributed by atoms with van der Waals surface area (Å²) in [7, 11) is -2.37. The molecule has 0 spiro atoms. The molecule has 9 heteroatoms. The fraction of sp³-hybridized carbons (Fsp3) is 0.238. The van der Waals surface area contributed by atoms with Gasteiger partial charge in [-0.3, -0.25) is 4.72 Å². The van der Waals surface area contributed by atoms with E-state index in [1.165, 1.54) is 31.3 Å². The van der Waals surface area contributed by atoms with Crippen LogP contribution in [-0.4, -0.2) is 51.7 Å². The molecule has 156 valence electrons. The number of anilines is 3. The van der Waals surface area contributed by atoms with E-state index in [9.17, 15) is 8.42 Å². The average Bonchev–Trinajstić information content (AvgIpc) is 2.80. The van der Waals surface area contributed by atoms with Gasteiger partial charge in [-0.1, -0.05) is 30.3 Å². The standard InChI is InChI=1S/C21H23N5O3S/c1-29-19-9-5-6-10-20(19)30(27,28)24-17-15-22-21(23-16-17)26-13-11-25(12-14-26)18-7-3-2-4-8-18/h2-10,15-16,24H,11-14H2,1H3. The van der Waals surface area contributed by atoms with Crippen molar-refractivity contribution in [1.82, 2.24) is 9.97 Å². The predicted octanol–water partition coefficient (Wildman–Crippen LogP) is 2.61. The minimum absolute atomic E-state index is 0.0635. The summed E-state index contributed by atoms with van der Waals surface area (Å²) >= 11 is 0. The van der Waals surface area contributed by atoms with Gasteiger partial charge in [-0.05, 0) is 24.3 Å². The van der Waals surface area contributed by atoms with Crippen molar-refractivity contribution in [2.75, 3.05) is 47.8 Å². The number of para-hydroxylation sites is 2. The Hall–Kier alpha value is -3.33. The van der Waals surface area contributed by atoms with Crippen LogP contribution in [0.4, 0.5) is 17.3 Å². The van der Waals surface area contributed by atoms with Gasteiger partial charge in [0.25, 0.3) is 10.0 Å². The van der Waals surface area contributed by atoms with Crippen molar-refractivity contribution in [2.24, 2.45) is 0 Å². The summed E-state index contributed by atoms with van der Waals surface area (Å²) in [6.07, 6.45) is 2.97. The second kappa shape index (κ2) is 8.58. The van der Waals surface area contributed by atoms with E-state index >= 15 is 0 Å². The number of sulfonamides is 1. The Morgan fingerprint density at radius 2 is 1.47 bits per heavy atom. The SMILES string of the molecule is COc1ccccc1S(=O)(=O)Nc1cnc(N2CCN(c3ccccc3)CC2)nc1. The molecule has 0 unspecified atom stereocenters. The second-order valence-corrected chi connectivity index (χ2v) is 8.49. The molecular weight excluding hydrogens is 402 g/mol. The first-order chi connectivity index (χ1) is 14.6. The zero-order valence-electron chi connectivity index (χ0n) is 16.6. The monoisotopic (exact) mass is 425 g/mol. The van der Waals surface area contributed by atoms with Crippen LogP contribution in [0.3, 0.4) is 0 Å². The largest absolute Gasteiger partial charge is 0.495 e. The Labute approximate surface area is 176 Å². The van der Waals surface area contributed by atoms with Gasteiger partial charge in [0, 0.05) is 31.9 Å². The van der Waals surface area contributed by atoms with Gasteiger partial charge in [0.2, 0.25) is 5.95 Å². The van der Waals surface area contributed by atoms with Crippen LogP contribution in [0.15, 0.2) is 71.9 Å². The van der Waals surface area contributed by atoms with E-state index in [1.807, 2.05) is 18.2 Å². The summed E-state index contributed by atoms with van der Waals surface area (Å²) in [6, 6.07) is 16.7. The molecule has 0 saturated carbocycles. The molecule has 0 atom stereocenters. The number of nitrogens with zero attached hydrogens (tertiary/aromatic N) is 4. The van der Waals surface area contributed by atoms with E-state index in [1.54, 1.807) is 18.2 Å². The van der Waals surface area contributed by atoms with Gasteiger partial charge >= 0.3 is 0 Å². The summed E-state index contributed by atoms with van der Waals surface area (Å²) in [4.78, 5) is 13.2.